The number of methoxy groups -OCH3 is 1. The van der Waals surface area contributed by atoms with Gasteiger partial charge in [-0.3, -0.25) is 4.31 Å². The quantitative estimate of drug-likeness (QED) is 0.401. The summed E-state index contributed by atoms with van der Waals surface area (Å²) in [5.41, 5.74) is 7.13. The first-order valence-corrected chi connectivity index (χ1v) is 11.6. The number of ether oxygens (including phenoxy) is 2. The third kappa shape index (κ3) is 4.62. The van der Waals surface area contributed by atoms with E-state index < -0.39 is 16.0 Å². The van der Waals surface area contributed by atoms with E-state index >= 15 is 0 Å². The predicted octanol–water partition coefficient (Wildman–Crippen LogP) is 3.40. The molecular weight excluding hydrogens is 456 g/mol. The molecular formula is C24H22N4O5S. The van der Waals surface area contributed by atoms with Crippen molar-refractivity contribution < 1.29 is 22.7 Å². The summed E-state index contributed by atoms with van der Waals surface area (Å²) in [6.07, 6.45) is 0. The summed E-state index contributed by atoms with van der Waals surface area (Å²) in [7, 11) is -0.958. The molecule has 174 valence electrons. The van der Waals surface area contributed by atoms with Gasteiger partial charge in [0.15, 0.2) is 12.4 Å². The average molecular weight is 479 g/mol. The van der Waals surface area contributed by atoms with Crippen LogP contribution in [-0.4, -0.2) is 38.5 Å². The third-order valence-electron chi connectivity index (χ3n) is 5.18. The fourth-order valence-electron chi connectivity index (χ4n) is 3.30. The van der Waals surface area contributed by atoms with Gasteiger partial charge >= 0.3 is 5.97 Å². The number of carbonyl (C=O) groups is 1. The molecule has 0 fully saturated rings. The number of benzene rings is 3. The minimum atomic E-state index is -3.92. The second kappa shape index (κ2) is 9.36. The minimum Gasteiger partial charge on any atom is -0.497 e. The zero-order valence-electron chi connectivity index (χ0n) is 18.5. The molecule has 0 saturated carbocycles. The number of esters is 1. The maximum Gasteiger partial charge on any atom is 0.338 e. The van der Waals surface area contributed by atoms with Crippen molar-refractivity contribution in [3.05, 3.63) is 84.2 Å². The Balaban J connectivity index is 1.51. The summed E-state index contributed by atoms with van der Waals surface area (Å²) in [6.45, 7) is -0.212. The van der Waals surface area contributed by atoms with Crippen LogP contribution in [0.5, 0.6) is 5.75 Å². The number of carbonyl (C=O) groups excluding carboxylic acids is 1. The molecule has 0 aliphatic carbocycles. The van der Waals surface area contributed by atoms with E-state index in [1.807, 2.05) is 12.1 Å². The van der Waals surface area contributed by atoms with Gasteiger partial charge < -0.3 is 15.2 Å². The normalized spacial score (nSPS) is 11.2. The molecule has 0 aliphatic heterocycles. The number of hydrogen-bond donors (Lipinski definition) is 1. The van der Waals surface area contributed by atoms with Crippen molar-refractivity contribution >= 4 is 38.4 Å². The van der Waals surface area contributed by atoms with Crippen molar-refractivity contribution in [2.45, 2.75) is 11.5 Å². The van der Waals surface area contributed by atoms with Crippen LogP contribution in [0.25, 0.3) is 10.9 Å². The van der Waals surface area contributed by atoms with Crippen LogP contribution in [0.4, 0.5) is 11.5 Å². The second-order valence-electron chi connectivity index (χ2n) is 7.32. The third-order valence-corrected chi connectivity index (χ3v) is 6.96. The van der Waals surface area contributed by atoms with E-state index in [1.54, 1.807) is 36.4 Å². The first-order chi connectivity index (χ1) is 16.3. The van der Waals surface area contributed by atoms with Gasteiger partial charge in [0.1, 0.15) is 11.6 Å². The highest BCUT2D eigenvalue weighted by Gasteiger charge is 2.23. The van der Waals surface area contributed by atoms with Gasteiger partial charge in [-0.2, -0.15) is 0 Å². The summed E-state index contributed by atoms with van der Waals surface area (Å²) < 4.78 is 37.8. The van der Waals surface area contributed by atoms with E-state index in [1.165, 1.54) is 38.4 Å². The Labute approximate surface area is 196 Å². The maximum absolute atomic E-state index is 13.1. The smallest absolute Gasteiger partial charge is 0.338 e. The SMILES string of the molecule is COc1ccc(N(C)S(=O)(=O)c2cccc(C(=O)OCc3nc(N)c4ccccc4n3)c2)cc1. The average Bonchev–Trinajstić information content (AvgIpc) is 2.87. The molecule has 2 N–H and O–H groups in total. The van der Waals surface area contributed by atoms with Gasteiger partial charge in [-0.25, -0.2) is 23.2 Å². The van der Waals surface area contributed by atoms with Crippen LogP contribution in [0.15, 0.2) is 77.7 Å². The molecule has 0 unspecified atom stereocenters. The molecule has 0 atom stereocenters. The van der Waals surface area contributed by atoms with Gasteiger partial charge in [-0.15, -0.1) is 0 Å². The number of nitrogen functional groups attached to an aromatic ring is 1. The molecule has 0 bridgehead atoms. The van der Waals surface area contributed by atoms with Crippen molar-refractivity contribution in [2.75, 3.05) is 24.2 Å². The largest absolute Gasteiger partial charge is 0.497 e. The van der Waals surface area contributed by atoms with E-state index in [-0.39, 0.29) is 28.7 Å². The van der Waals surface area contributed by atoms with Gasteiger partial charge in [0.2, 0.25) is 0 Å². The highest BCUT2D eigenvalue weighted by molar-refractivity contribution is 7.92. The number of para-hydroxylation sites is 1. The van der Waals surface area contributed by atoms with Gasteiger partial charge in [0.25, 0.3) is 10.0 Å². The molecule has 9 nitrogen and oxygen atoms in total. The Bertz CT molecular complexity index is 1460. The molecule has 10 heteroatoms. The minimum absolute atomic E-state index is 0.0496. The van der Waals surface area contributed by atoms with E-state index in [0.29, 0.717) is 22.3 Å². The number of nitrogens with zero attached hydrogens (tertiary/aromatic N) is 3. The number of hydrogen-bond acceptors (Lipinski definition) is 8. The summed E-state index contributed by atoms with van der Waals surface area (Å²) >= 11 is 0. The topological polar surface area (TPSA) is 125 Å². The Morgan fingerprint density at radius 2 is 1.74 bits per heavy atom. The molecule has 4 aromatic rings. The van der Waals surface area contributed by atoms with Crippen LogP contribution < -0.4 is 14.8 Å². The van der Waals surface area contributed by atoms with Crippen LogP contribution >= 0.6 is 0 Å². The number of sulfonamides is 1. The van der Waals surface area contributed by atoms with E-state index in [4.69, 9.17) is 15.2 Å². The molecule has 0 spiro atoms. The molecule has 1 heterocycles. The molecule has 0 saturated heterocycles. The number of aromatic nitrogens is 2. The van der Waals surface area contributed by atoms with E-state index in [2.05, 4.69) is 9.97 Å². The van der Waals surface area contributed by atoms with E-state index in [9.17, 15) is 13.2 Å². The maximum atomic E-state index is 13.1. The number of nitrogens with two attached hydrogens (primary N) is 1. The Kier molecular flexibility index (Phi) is 6.33. The van der Waals surface area contributed by atoms with Crippen molar-refractivity contribution in [3.8, 4) is 5.75 Å². The zero-order valence-corrected chi connectivity index (χ0v) is 19.3. The highest BCUT2D eigenvalue weighted by atomic mass is 32.2. The van der Waals surface area contributed by atoms with E-state index in [0.717, 1.165) is 4.31 Å². The van der Waals surface area contributed by atoms with Gasteiger partial charge in [-0.05, 0) is 54.6 Å². The standard InChI is InChI=1S/C24H22N4O5S/c1-28(17-10-12-18(32-2)13-11-17)34(30,31)19-7-5-6-16(14-19)24(29)33-15-22-26-21-9-4-3-8-20(21)23(25)27-22/h3-14H,15H2,1-2H3,(H2,25,26,27). The lowest BCUT2D eigenvalue weighted by Crippen LogP contribution is -2.26. The number of rotatable bonds is 7. The lowest BCUT2D eigenvalue weighted by Gasteiger charge is -2.20. The van der Waals surface area contributed by atoms with Crippen molar-refractivity contribution in [3.63, 3.8) is 0 Å². The highest BCUT2D eigenvalue weighted by Crippen LogP contribution is 2.25. The first kappa shape index (κ1) is 23.0. The second-order valence-corrected chi connectivity index (χ2v) is 9.29. The van der Waals surface area contributed by atoms with Crippen molar-refractivity contribution in [1.82, 2.24) is 9.97 Å². The van der Waals surface area contributed by atoms with Crippen LogP contribution in [0.1, 0.15) is 16.2 Å². The lowest BCUT2D eigenvalue weighted by atomic mass is 10.2. The molecule has 3 aromatic carbocycles. The van der Waals surface area contributed by atoms with Crippen molar-refractivity contribution in [1.29, 1.82) is 0 Å². The van der Waals surface area contributed by atoms with Gasteiger partial charge in [-0.1, -0.05) is 18.2 Å². The molecule has 0 amide bonds. The van der Waals surface area contributed by atoms with Crippen LogP contribution in [0.3, 0.4) is 0 Å². The summed E-state index contributed by atoms with van der Waals surface area (Å²) in [4.78, 5) is 21.1. The molecule has 0 radical (unpaired) electrons. The monoisotopic (exact) mass is 478 g/mol. The summed E-state index contributed by atoms with van der Waals surface area (Å²) in [6, 6.07) is 19.5. The van der Waals surface area contributed by atoms with Crippen LogP contribution in [0.2, 0.25) is 0 Å². The molecule has 1 aromatic heterocycles. The van der Waals surface area contributed by atoms with Crippen LogP contribution in [-0.2, 0) is 21.4 Å². The number of anilines is 2. The zero-order chi connectivity index (χ0) is 24.3. The fraction of sp³-hybridized carbons (Fsp3) is 0.125. The Hall–Kier alpha value is -4.18. The molecule has 34 heavy (non-hydrogen) atoms. The first-order valence-electron chi connectivity index (χ1n) is 10.2. The Morgan fingerprint density at radius 3 is 2.47 bits per heavy atom. The number of fused-ring (bicyclic) bond motifs is 1. The Morgan fingerprint density at radius 1 is 1.00 bits per heavy atom. The van der Waals surface area contributed by atoms with Crippen molar-refractivity contribution in [2.24, 2.45) is 0 Å². The van der Waals surface area contributed by atoms with Crippen LogP contribution in [0, 0.1) is 0 Å². The van der Waals surface area contributed by atoms with Gasteiger partial charge in [0.05, 0.1) is 28.8 Å². The summed E-state index contributed by atoms with van der Waals surface area (Å²) in [5.74, 6) is 0.426. The predicted molar refractivity (Wildman–Crippen MR) is 128 cm³/mol. The fourth-order valence-corrected chi connectivity index (χ4v) is 4.54. The molecule has 0 aliphatic rings. The summed E-state index contributed by atoms with van der Waals surface area (Å²) in [5, 5.41) is 0.705. The molecule has 4 rings (SSSR count). The van der Waals surface area contributed by atoms with Gasteiger partial charge in [0, 0.05) is 12.4 Å². The lowest BCUT2D eigenvalue weighted by molar-refractivity contribution is 0.0462.